The summed E-state index contributed by atoms with van der Waals surface area (Å²) in [6, 6.07) is 20.0. The molecule has 2 amide bonds. The van der Waals surface area contributed by atoms with Gasteiger partial charge in [-0.25, -0.2) is 0 Å². The Hall–Kier alpha value is -2.66. The van der Waals surface area contributed by atoms with Crippen molar-refractivity contribution >= 4 is 197 Å². The fourth-order valence-corrected chi connectivity index (χ4v) is 15.6. The average Bonchev–Trinajstić information content (AvgIpc) is 4.26. The predicted molar refractivity (Wildman–Crippen MR) is 357 cm³/mol. The molecule has 3 aliphatic heterocycles. The Labute approximate surface area is 541 Å². The minimum Gasteiger partial charge on any atom is -0.481 e. The van der Waals surface area contributed by atoms with E-state index in [1.54, 1.807) is 4.90 Å². The molecule has 4 aromatic carbocycles. The standard InChI is InChI=1S/C56H58I6N4O4.2O3S/c1-6-30-64-42-33-39(57)49(59)51(61)47(42)55(4,29-15-11-14-20-46(67)68)44(64)18-12-9-8-10-13-19-45-56(5,48-43(65(45)31-7-2)34-40(58)50(60)52(48)62)37-25-23-36(24-26-37)54(70)66-32-16-17-41(66)53(69)63-38-27-21-35(3)22-28-38;2*1-4(2)3/h8-10,12-13,18-19,21-28,33-34,41H,6-7,11,14-17,20,29-32H2,1-5H3,(H-,63,67,68,69);;/p+1. The maximum atomic E-state index is 14.2. The van der Waals surface area contributed by atoms with E-state index in [-0.39, 0.29) is 23.7 Å². The van der Waals surface area contributed by atoms with Crippen molar-refractivity contribution in [2.75, 3.05) is 29.9 Å². The first-order valence-corrected chi connectivity index (χ1v) is 33.5. The van der Waals surface area contributed by atoms with Crippen molar-refractivity contribution in [3.8, 4) is 0 Å². The topological polar surface area (TPSA) is 195 Å². The minimum absolute atomic E-state index is 0.123. The highest BCUT2D eigenvalue weighted by Gasteiger charge is 2.50. The first-order chi connectivity index (χ1) is 36.9. The molecule has 0 saturated carbocycles. The van der Waals surface area contributed by atoms with Crippen LogP contribution in [0.2, 0.25) is 0 Å². The molecule has 78 heavy (non-hydrogen) atoms. The zero-order valence-electron chi connectivity index (χ0n) is 43.4. The highest BCUT2D eigenvalue weighted by Crippen LogP contribution is 2.55. The van der Waals surface area contributed by atoms with E-state index in [4.69, 9.17) is 25.3 Å². The Kier molecular flexibility index (Phi) is 25.9. The molecular formula is C56H59I6N4O10S2+. The van der Waals surface area contributed by atoms with E-state index in [0.717, 1.165) is 68.4 Å². The molecule has 2 N–H and O–H groups in total. The molecule has 0 aliphatic carbocycles. The molecular weight excluding hydrogens is 1710 g/mol. The molecule has 22 heteroatoms. The Bertz CT molecular complexity index is 3280. The first kappa shape index (κ1) is 66.1. The summed E-state index contributed by atoms with van der Waals surface area (Å²) in [5.74, 6) is -1.00. The van der Waals surface area contributed by atoms with E-state index in [1.807, 2.05) is 43.3 Å². The number of fused-ring (bicyclic) bond motifs is 2. The first-order valence-electron chi connectivity index (χ1n) is 25.0. The van der Waals surface area contributed by atoms with Crippen LogP contribution in [-0.2, 0) is 41.6 Å². The van der Waals surface area contributed by atoms with Gasteiger partial charge in [0.25, 0.3) is 5.91 Å². The molecule has 3 atom stereocenters. The second kappa shape index (κ2) is 30.6. The molecule has 0 aromatic heterocycles. The van der Waals surface area contributed by atoms with Gasteiger partial charge in [0.05, 0.1) is 16.4 Å². The van der Waals surface area contributed by atoms with Crippen molar-refractivity contribution in [1.82, 2.24) is 4.90 Å². The second-order valence-corrected chi connectivity index (χ2v) is 26.5. The Morgan fingerprint density at radius 2 is 1.35 bits per heavy atom. The SMILES string of the molecule is CCCN1\C(=C/C=C/C=C/C=C/C2=[N+](CCC)c3cc(I)c(I)c(I)c3C2(C)CCCCCC(=O)O)C(C)(c2ccc(C(=O)N3CCCC3C(=O)Nc3ccc(C)cc3)cc2)c2c1cc(I)c(I)c2I.O=S(=O)=O.O=S(=O)=O. The number of hydrogen-bond donors (Lipinski definition) is 2. The van der Waals surface area contributed by atoms with Gasteiger partial charge in [-0.15, -0.1) is 25.3 Å². The van der Waals surface area contributed by atoms with Gasteiger partial charge < -0.3 is 20.2 Å². The Morgan fingerprint density at radius 1 is 0.756 bits per heavy atom. The molecule has 7 rings (SSSR count). The number of halogens is 6. The van der Waals surface area contributed by atoms with Crippen LogP contribution >= 0.6 is 136 Å². The highest BCUT2D eigenvalue weighted by molar-refractivity contribution is 14.1. The lowest BCUT2D eigenvalue weighted by molar-refractivity contribution is -0.437. The summed E-state index contributed by atoms with van der Waals surface area (Å²) in [4.78, 5) is 43.2. The summed E-state index contributed by atoms with van der Waals surface area (Å²) in [6.45, 7) is 13.5. The van der Waals surface area contributed by atoms with Crippen molar-refractivity contribution in [2.24, 2.45) is 0 Å². The number of nitrogens with zero attached hydrogens (tertiary/aromatic N) is 3. The van der Waals surface area contributed by atoms with Crippen LogP contribution < -0.4 is 10.2 Å². The maximum Gasteiger partial charge on any atom is 0.425 e. The quantitative estimate of drug-likeness (QED) is 0.0316. The van der Waals surface area contributed by atoms with E-state index < -0.39 is 38.6 Å². The van der Waals surface area contributed by atoms with Gasteiger partial charge in [-0.3, -0.25) is 14.4 Å². The van der Waals surface area contributed by atoms with Crippen molar-refractivity contribution in [2.45, 2.75) is 109 Å². The maximum absolute atomic E-state index is 14.2. The van der Waals surface area contributed by atoms with Crippen LogP contribution in [0.25, 0.3) is 0 Å². The van der Waals surface area contributed by atoms with Gasteiger partial charge >= 0.3 is 27.2 Å². The second-order valence-electron chi connectivity index (χ2n) is 19.0. The molecule has 14 nitrogen and oxygen atoms in total. The van der Waals surface area contributed by atoms with Crippen molar-refractivity contribution in [3.05, 3.63) is 158 Å². The lowest BCUT2D eigenvalue weighted by Gasteiger charge is -2.31. The lowest BCUT2D eigenvalue weighted by Crippen LogP contribution is -2.43. The third-order valence-corrected chi connectivity index (χ3v) is 24.1. The third kappa shape index (κ3) is 16.1. The number of aliphatic carboxylic acids is 1. The van der Waals surface area contributed by atoms with Crippen LogP contribution in [0, 0.1) is 28.3 Å². The molecule has 3 aliphatic rings. The normalized spacial score (nSPS) is 19.0. The fourth-order valence-electron chi connectivity index (χ4n) is 10.4. The van der Waals surface area contributed by atoms with E-state index in [9.17, 15) is 19.5 Å². The number of aryl methyl sites for hydroxylation is 1. The number of carboxylic acid groups (broad SMARTS) is 1. The van der Waals surface area contributed by atoms with Gasteiger partial charge in [0, 0.05) is 87.7 Å². The molecule has 1 saturated heterocycles. The van der Waals surface area contributed by atoms with Gasteiger partial charge in [-0.2, -0.15) is 4.58 Å². The molecule has 0 spiro atoms. The fraction of sp³-hybridized carbons (Fsp3) is 0.357. The van der Waals surface area contributed by atoms with E-state index in [2.05, 4.69) is 245 Å². The number of unbranched alkanes of at least 4 members (excludes halogenated alkanes) is 2. The molecule has 1 fully saturated rings. The highest BCUT2D eigenvalue weighted by atomic mass is 127. The van der Waals surface area contributed by atoms with E-state index >= 15 is 0 Å². The number of anilines is 2. The number of carbonyl (C=O) groups excluding carboxylic acids is 2. The van der Waals surface area contributed by atoms with Crippen LogP contribution in [0.1, 0.15) is 118 Å². The van der Waals surface area contributed by atoms with Crippen LogP contribution in [0.4, 0.5) is 17.1 Å². The number of likely N-dealkylation sites (tertiary alicyclic amines) is 1. The van der Waals surface area contributed by atoms with Crippen molar-refractivity contribution < 1.29 is 49.3 Å². The zero-order chi connectivity index (χ0) is 57.6. The number of carbonyl (C=O) groups is 3. The predicted octanol–water partition coefficient (Wildman–Crippen LogP) is 13.4. The summed E-state index contributed by atoms with van der Waals surface area (Å²) in [5.41, 5.74) is 10.4. The number of hydrogen-bond acceptors (Lipinski definition) is 10. The monoisotopic (exact) mass is 1770 g/mol. The number of allylic oxidation sites excluding steroid dienone is 8. The van der Waals surface area contributed by atoms with Crippen molar-refractivity contribution in [3.63, 3.8) is 0 Å². The lowest BCUT2D eigenvalue weighted by atomic mass is 9.75. The Balaban J connectivity index is 0.00000131. The number of nitrogens with one attached hydrogen (secondary N) is 1. The van der Waals surface area contributed by atoms with Crippen molar-refractivity contribution in [1.29, 1.82) is 0 Å². The van der Waals surface area contributed by atoms with Gasteiger partial charge in [-0.05, 0) is 230 Å². The minimum atomic E-state index is -3.11. The molecule has 4 aromatic rings. The summed E-state index contributed by atoms with van der Waals surface area (Å²) < 4.78 is 60.7. The summed E-state index contributed by atoms with van der Waals surface area (Å²) in [5, 5.41) is 12.3. The van der Waals surface area contributed by atoms with E-state index in [1.165, 1.54) is 55.3 Å². The van der Waals surface area contributed by atoms with E-state index in [0.29, 0.717) is 24.9 Å². The smallest absolute Gasteiger partial charge is 0.425 e. The third-order valence-electron chi connectivity index (χ3n) is 13.8. The number of benzene rings is 4. The summed E-state index contributed by atoms with van der Waals surface area (Å²) in [7, 11) is -6.22. The van der Waals surface area contributed by atoms with Crippen LogP contribution in [0.3, 0.4) is 0 Å². The molecule has 3 heterocycles. The van der Waals surface area contributed by atoms with Gasteiger partial charge in [0.2, 0.25) is 11.6 Å². The Morgan fingerprint density at radius 3 is 1.95 bits per heavy atom. The van der Waals surface area contributed by atoms with Gasteiger partial charge in [0.15, 0.2) is 5.71 Å². The zero-order valence-corrected chi connectivity index (χ0v) is 58.0. The largest absolute Gasteiger partial charge is 0.481 e. The molecule has 3 unspecified atom stereocenters. The molecule has 0 radical (unpaired) electrons. The number of rotatable bonds is 18. The van der Waals surface area contributed by atoms with Crippen LogP contribution in [0.5, 0.6) is 0 Å². The summed E-state index contributed by atoms with van der Waals surface area (Å²) >= 11 is 15.0. The number of amides is 2. The van der Waals surface area contributed by atoms with Gasteiger partial charge in [-0.1, -0.05) is 86.9 Å². The van der Waals surface area contributed by atoms with Crippen LogP contribution in [-0.4, -0.2) is 89.0 Å². The number of carboxylic acids is 1. The summed E-state index contributed by atoms with van der Waals surface area (Å²) in [6.07, 6.45) is 22.3. The molecule has 0 bridgehead atoms. The van der Waals surface area contributed by atoms with Gasteiger partial charge in [0.1, 0.15) is 12.6 Å². The van der Waals surface area contributed by atoms with Crippen LogP contribution in [0.15, 0.2) is 109 Å². The average molecular weight is 1770 g/mol. The molecule has 416 valence electrons.